The van der Waals surface area contributed by atoms with Gasteiger partial charge in [0.1, 0.15) is 5.75 Å². The highest BCUT2D eigenvalue weighted by molar-refractivity contribution is 5.80. The fourth-order valence-corrected chi connectivity index (χ4v) is 2.26. The molecule has 0 radical (unpaired) electrons. The predicted octanol–water partition coefficient (Wildman–Crippen LogP) is 0.415. The number of ether oxygens (including phenoxy) is 1. The van der Waals surface area contributed by atoms with Crippen LogP contribution in [0.4, 0.5) is 5.95 Å². The van der Waals surface area contributed by atoms with Crippen LogP contribution in [0.5, 0.6) is 5.75 Å². The monoisotopic (exact) mass is 328 g/mol. The van der Waals surface area contributed by atoms with Crippen molar-refractivity contribution in [3.8, 4) is 5.75 Å². The summed E-state index contributed by atoms with van der Waals surface area (Å²) in [6, 6.07) is 7.36. The molecule has 9 nitrogen and oxygen atoms in total. The molecule has 9 heteroatoms. The van der Waals surface area contributed by atoms with Gasteiger partial charge in [0.15, 0.2) is 11.2 Å². The Kier molecular flexibility index (Phi) is 3.90. The van der Waals surface area contributed by atoms with Gasteiger partial charge in [-0.2, -0.15) is 10.1 Å². The molecular formula is C15H16N6O3. The zero-order chi connectivity index (χ0) is 17.3. The van der Waals surface area contributed by atoms with Gasteiger partial charge >= 0.3 is 5.69 Å². The number of aromatic amines is 1. The fourth-order valence-electron chi connectivity index (χ4n) is 2.26. The summed E-state index contributed by atoms with van der Waals surface area (Å²) in [7, 11) is 4.81. The third kappa shape index (κ3) is 2.67. The SMILES string of the molecule is COc1ccc(/C=N/Nc2nc3c(c(=O)[nH]c(=O)n3C)n2C)cc1. The minimum atomic E-state index is -0.515. The van der Waals surface area contributed by atoms with Crippen LogP contribution < -0.4 is 21.4 Å². The van der Waals surface area contributed by atoms with Gasteiger partial charge in [0.2, 0.25) is 5.95 Å². The number of hydrogen-bond acceptors (Lipinski definition) is 6. The van der Waals surface area contributed by atoms with E-state index in [9.17, 15) is 9.59 Å². The smallest absolute Gasteiger partial charge is 0.329 e. The lowest BCUT2D eigenvalue weighted by atomic mass is 10.2. The summed E-state index contributed by atoms with van der Waals surface area (Å²) >= 11 is 0. The van der Waals surface area contributed by atoms with Crippen LogP contribution in [-0.2, 0) is 14.1 Å². The first kappa shape index (κ1) is 15.5. The molecule has 0 aliphatic heterocycles. The fraction of sp³-hybridized carbons (Fsp3) is 0.200. The van der Waals surface area contributed by atoms with Crippen LogP contribution in [0.1, 0.15) is 5.56 Å². The van der Waals surface area contributed by atoms with E-state index in [0.717, 1.165) is 11.3 Å². The summed E-state index contributed by atoms with van der Waals surface area (Å²) in [6.07, 6.45) is 1.61. The van der Waals surface area contributed by atoms with Crippen molar-refractivity contribution in [2.24, 2.45) is 19.2 Å². The molecule has 3 aromatic rings. The van der Waals surface area contributed by atoms with Gasteiger partial charge in [-0.25, -0.2) is 10.2 Å². The summed E-state index contributed by atoms with van der Waals surface area (Å²) in [4.78, 5) is 30.1. The van der Waals surface area contributed by atoms with Crippen molar-refractivity contribution in [2.45, 2.75) is 0 Å². The maximum atomic E-state index is 11.9. The summed E-state index contributed by atoms with van der Waals surface area (Å²) in [5, 5.41) is 4.11. The zero-order valence-corrected chi connectivity index (χ0v) is 13.4. The van der Waals surface area contributed by atoms with Gasteiger partial charge in [-0.1, -0.05) is 0 Å². The predicted molar refractivity (Wildman–Crippen MR) is 90.8 cm³/mol. The van der Waals surface area contributed by atoms with Gasteiger partial charge in [0, 0.05) is 14.1 Å². The normalized spacial score (nSPS) is 11.3. The number of aromatic nitrogens is 4. The number of benzene rings is 1. The Labute approximate surface area is 136 Å². The number of H-pyrrole nitrogens is 1. The van der Waals surface area contributed by atoms with Gasteiger partial charge in [0.05, 0.1) is 13.3 Å². The molecule has 0 fully saturated rings. The van der Waals surface area contributed by atoms with Crippen LogP contribution in [0, 0.1) is 0 Å². The van der Waals surface area contributed by atoms with Crippen LogP contribution in [0.25, 0.3) is 11.2 Å². The van der Waals surface area contributed by atoms with E-state index < -0.39 is 11.2 Å². The Balaban J connectivity index is 1.90. The van der Waals surface area contributed by atoms with Gasteiger partial charge in [-0.3, -0.25) is 14.3 Å². The third-order valence-corrected chi connectivity index (χ3v) is 3.63. The first-order valence-electron chi connectivity index (χ1n) is 7.10. The molecule has 0 spiro atoms. The summed E-state index contributed by atoms with van der Waals surface area (Å²) in [5.74, 6) is 1.11. The molecule has 0 unspecified atom stereocenters. The van der Waals surface area contributed by atoms with Gasteiger partial charge < -0.3 is 9.30 Å². The third-order valence-electron chi connectivity index (χ3n) is 3.63. The first-order chi connectivity index (χ1) is 11.5. The summed E-state index contributed by atoms with van der Waals surface area (Å²) in [5.41, 5.74) is 3.21. The molecule has 0 aliphatic carbocycles. The van der Waals surface area contributed by atoms with Crippen LogP contribution in [-0.4, -0.2) is 32.4 Å². The minimum absolute atomic E-state index is 0.286. The first-order valence-corrected chi connectivity index (χ1v) is 7.10. The topological polar surface area (TPSA) is 106 Å². The number of rotatable bonds is 4. The molecule has 24 heavy (non-hydrogen) atoms. The Morgan fingerprint density at radius 1 is 1.21 bits per heavy atom. The van der Waals surface area contributed by atoms with Crippen LogP contribution >= 0.6 is 0 Å². The van der Waals surface area contributed by atoms with E-state index >= 15 is 0 Å². The summed E-state index contributed by atoms with van der Waals surface area (Å²) in [6.45, 7) is 0. The number of hydrogen-bond donors (Lipinski definition) is 2. The Bertz CT molecular complexity index is 1030. The molecule has 2 heterocycles. The van der Waals surface area contributed by atoms with Crippen LogP contribution in [0.3, 0.4) is 0 Å². The molecule has 0 bridgehead atoms. The quantitative estimate of drug-likeness (QED) is 0.533. The average Bonchev–Trinajstić information content (AvgIpc) is 2.91. The molecule has 0 atom stereocenters. The highest BCUT2D eigenvalue weighted by Crippen LogP contribution is 2.13. The number of methoxy groups -OCH3 is 1. The maximum absolute atomic E-state index is 11.9. The van der Waals surface area contributed by atoms with Gasteiger partial charge in [-0.05, 0) is 29.8 Å². The number of aryl methyl sites for hydroxylation is 2. The number of anilines is 1. The van der Waals surface area contributed by atoms with Crippen molar-refractivity contribution < 1.29 is 4.74 Å². The summed E-state index contributed by atoms with van der Waals surface area (Å²) < 4.78 is 7.90. The molecule has 2 N–H and O–H groups in total. The molecule has 124 valence electrons. The molecule has 3 rings (SSSR count). The van der Waals surface area contributed by atoms with Crippen molar-refractivity contribution in [3.05, 3.63) is 50.7 Å². The zero-order valence-electron chi connectivity index (χ0n) is 13.4. The molecular weight excluding hydrogens is 312 g/mol. The molecule has 0 saturated carbocycles. The molecule has 0 aliphatic rings. The van der Waals surface area contributed by atoms with E-state index in [0.29, 0.717) is 11.5 Å². The van der Waals surface area contributed by atoms with E-state index in [1.807, 2.05) is 24.3 Å². The van der Waals surface area contributed by atoms with Gasteiger partial charge in [0.25, 0.3) is 5.56 Å². The highest BCUT2D eigenvalue weighted by Gasteiger charge is 2.14. The van der Waals surface area contributed by atoms with Crippen LogP contribution in [0.2, 0.25) is 0 Å². The molecule has 1 aromatic carbocycles. The van der Waals surface area contributed by atoms with Crippen molar-refractivity contribution in [2.75, 3.05) is 12.5 Å². The Hall–Kier alpha value is -3.36. The lowest BCUT2D eigenvalue weighted by molar-refractivity contribution is 0.415. The minimum Gasteiger partial charge on any atom is -0.497 e. The molecule has 2 aromatic heterocycles. The second kappa shape index (κ2) is 6.03. The number of fused-ring (bicyclic) bond motifs is 1. The molecule has 0 amide bonds. The van der Waals surface area contributed by atoms with Crippen molar-refractivity contribution in [1.29, 1.82) is 0 Å². The lowest BCUT2D eigenvalue weighted by Gasteiger charge is -2.01. The van der Waals surface area contributed by atoms with E-state index in [4.69, 9.17) is 4.74 Å². The molecule has 0 saturated heterocycles. The standard InChI is InChI=1S/C15H16N6O3/c1-20-11-12(21(2)15(23)18-13(11)22)17-14(20)19-16-8-9-4-6-10(24-3)7-5-9/h4-8H,1-3H3,(H,17,19)(H,18,22,23)/b16-8+. The second-order valence-electron chi connectivity index (χ2n) is 5.13. The van der Waals surface area contributed by atoms with E-state index in [1.54, 1.807) is 24.9 Å². The second-order valence-corrected chi connectivity index (χ2v) is 5.13. The Morgan fingerprint density at radius 2 is 1.92 bits per heavy atom. The number of nitrogens with zero attached hydrogens (tertiary/aromatic N) is 4. The van der Waals surface area contributed by atoms with E-state index in [2.05, 4.69) is 20.5 Å². The largest absolute Gasteiger partial charge is 0.497 e. The van der Waals surface area contributed by atoms with Crippen molar-refractivity contribution in [1.82, 2.24) is 19.1 Å². The van der Waals surface area contributed by atoms with Crippen molar-refractivity contribution in [3.63, 3.8) is 0 Å². The maximum Gasteiger partial charge on any atom is 0.329 e. The van der Waals surface area contributed by atoms with E-state index in [-0.39, 0.29) is 5.65 Å². The number of imidazole rings is 1. The van der Waals surface area contributed by atoms with Crippen LogP contribution in [0.15, 0.2) is 39.0 Å². The number of hydrazone groups is 1. The van der Waals surface area contributed by atoms with E-state index in [1.165, 1.54) is 11.6 Å². The van der Waals surface area contributed by atoms with Gasteiger partial charge in [-0.15, -0.1) is 0 Å². The highest BCUT2D eigenvalue weighted by atomic mass is 16.5. The average molecular weight is 328 g/mol. The van der Waals surface area contributed by atoms with Crippen molar-refractivity contribution >= 4 is 23.3 Å². The number of nitrogens with one attached hydrogen (secondary N) is 2. The lowest BCUT2D eigenvalue weighted by Crippen LogP contribution is -2.29. The Morgan fingerprint density at radius 3 is 2.58 bits per heavy atom.